The Morgan fingerprint density at radius 2 is 2.24 bits per heavy atom. The van der Waals surface area contributed by atoms with Crippen LogP contribution in [0.15, 0.2) is 34.9 Å². The average molecular weight is 354 g/mol. The molecule has 0 fully saturated rings. The van der Waals surface area contributed by atoms with Crippen molar-refractivity contribution in [1.29, 1.82) is 0 Å². The van der Waals surface area contributed by atoms with Crippen molar-refractivity contribution in [1.82, 2.24) is 9.78 Å². The predicted octanol–water partition coefficient (Wildman–Crippen LogP) is 3.13. The Bertz CT molecular complexity index is 755. The molecule has 108 valence electrons. The fourth-order valence-electron chi connectivity index (χ4n) is 1.67. The van der Waals surface area contributed by atoms with E-state index in [-0.39, 0.29) is 16.9 Å². The van der Waals surface area contributed by atoms with Gasteiger partial charge >= 0.3 is 5.69 Å². The minimum absolute atomic E-state index is 0.191. The van der Waals surface area contributed by atoms with Gasteiger partial charge in [-0.1, -0.05) is 15.9 Å². The molecule has 0 unspecified atom stereocenters. The molecule has 0 amide bonds. The molecule has 0 atom stereocenters. The number of halogens is 2. The van der Waals surface area contributed by atoms with Crippen LogP contribution in [0.5, 0.6) is 0 Å². The lowest BCUT2D eigenvalue weighted by molar-refractivity contribution is -0.385. The van der Waals surface area contributed by atoms with Crippen molar-refractivity contribution in [3.63, 3.8) is 0 Å². The van der Waals surface area contributed by atoms with Crippen molar-refractivity contribution in [2.75, 3.05) is 0 Å². The summed E-state index contributed by atoms with van der Waals surface area (Å²) < 4.78 is 15.4. The van der Waals surface area contributed by atoms with Crippen LogP contribution in [0.2, 0.25) is 0 Å². The van der Waals surface area contributed by atoms with Crippen LogP contribution in [-0.4, -0.2) is 20.5 Å². The number of allylic oxidation sites excluding steroid dienone is 1. The number of ketones is 1. The summed E-state index contributed by atoms with van der Waals surface area (Å²) in [5.41, 5.74) is -0.479. The zero-order valence-corrected chi connectivity index (χ0v) is 12.4. The van der Waals surface area contributed by atoms with Gasteiger partial charge in [0.1, 0.15) is 12.0 Å². The first-order valence-electron chi connectivity index (χ1n) is 5.74. The van der Waals surface area contributed by atoms with Crippen LogP contribution in [0.3, 0.4) is 0 Å². The van der Waals surface area contributed by atoms with Gasteiger partial charge in [0.05, 0.1) is 4.92 Å². The molecule has 2 aromatic rings. The number of aromatic nitrogens is 2. The summed E-state index contributed by atoms with van der Waals surface area (Å²) in [7, 11) is 1.47. The maximum absolute atomic E-state index is 13.5. The highest BCUT2D eigenvalue weighted by Gasteiger charge is 2.23. The largest absolute Gasteiger partial charge is 0.318 e. The number of benzene rings is 1. The van der Waals surface area contributed by atoms with Gasteiger partial charge in [0.2, 0.25) is 11.5 Å². The lowest BCUT2D eigenvalue weighted by Crippen LogP contribution is -2.01. The highest BCUT2D eigenvalue weighted by Crippen LogP contribution is 2.19. The van der Waals surface area contributed by atoms with E-state index in [9.17, 15) is 19.3 Å². The van der Waals surface area contributed by atoms with Gasteiger partial charge in [-0.3, -0.25) is 19.6 Å². The molecule has 1 heterocycles. The third-order valence-electron chi connectivity index (χ3n) is 2.61. The molecule has 0 bridgehead atoms. The van der Waals surface area contributed by atoms with E-state index in [1.54, 1.807) is 0 Å². The van der Waals surface area contributed by atoms with Crippen LogP contribution in [-0.2, 0) is 7.05 Å². The van der Waals surface area contributed by atoms with Crippen LogP contribution in [0.4, 0.5) is 10.1 Å². The molecule has 1 aromatic heterocycles. The van der Waals surface area contributed by atoms with Crippen LogP contribution in [0.1, 0.15) is 16.1 Å². The number of carbonyl (C=O) groups is 1. The Kier molecular flexibility index (Phi) is 4.27. The highest BCUT2D eigenvalue weighted by molar-refractivity contribution is 9.10. The third-order valence-corrected chi connectivity index (χ3v) is 3.11. The topological polar surface area (TPSA) is 78.0 Å². The number of hydrogen-bond donors (Lipinski definition) is 0. The lowest BCUT2D eigenvalue weighted by Gasteiger charge is -1.97. The number of aryl methyl sites for hydroxylation is 1. The number of nitro groups is 1. The monoisotopic (exact) mass is 353 g/mol. The quantitative estimate of drug-likeness (QED) is 0.366. The molecule has 1 aromatic carbocycles. The summed E-state index contributed by atoms with van der Waals surface area (Å²) in [5.74, 6) is -1.17. The Morgan fingerprint density at radius 3 is 2.90 bits per heavy atom. The minimum Gasteiger partial charge on any atom is -0.287 e. The number of hydrogen-bond acceptors (Lipinski definition) is 4. The first-order valence-corrected chi connectivity index (χ1v) is 6.53. The summed E-state index contributed by atoms with van der Waals surface area (Å²) in [4.78, 5) is 22.1. The van der Waals surface area contributed by atoms with Gasteiger partial charge in [0.25, 0.3) is 0 Å². The maximum Gasteiger partial charge on any atom is 0.318 e. The van der Waals surface area contributed by atoms with Crippen molar-refractivity contribution in [3.05, 3.63) is 62.1 Å². The minimum atomic E-state index is -0.687. The lowest BCUT2D eigenvalue weighted by atomic mass is 10.1. The Labute approximate surface area is 127 Å². The van der Waals surface area contributed by atoms with Crippen LogP contribution < -0.4 is 0 Å². The molecule has 8 heteroatoms. The van der Waals surface area contributed by atoms with Gasteiger partial charge in [0, 0.05) is 17.1 Å². The van der Waals surface area contributed by atoms with Gasteiger partial charge in [-0.2, -0.15) is 5.10 Å². The molecule has 0 saturated heterocycles. The van der Waals surface area contributed by atoms with Crippen LogP contribution >= 0.6 is 15.9 Å². The standard InChI is InChI=1S/C13H9BrFN3O3/c1-17-7-11(18(20)21)13(16-17)12(19)5-2-8-6-9(14)3-4-10(8)15/h2-7H,1H3/b5-2+. The van der Waals surface area contributed by atoms with E-state index < -0.39 is 16.5 Å². The molecule has 2 rings (SSSR count). The van der Waals surface area contributed by atoms with Crippen molar-refractivity contribution >= 4 is 33.5 Å². The van der Waals surface area contributed by atoms with E-state index in [1.165, 1.54) is 36.0 Å². The second kappa shape index (κ2) is 5.96. The van der Waals surface area contributed by atoms with Gasteiger partial charge in [-0.05, 0) is 30.4 Å². The van der Waals surface area contributed by atoms with Crippen LogP contribution in [0.25, 0.3) is 6.08 Å². The predicted molar refractivity (Wildman–Crippen MR) is 77.3 cm³/mol. The molecule has 6 nitrogen and oxygen atoms in total. The van der Waals surface area contributed by atoms with Gasteiger partial charge in [-0.15, -0.1) is 0 Å². The molecule has 0 saturated carbocycles. The van der Waals surface area contributed by atoms with Crippen molar-refractivity contribution in [2.45, 2.75) is 0 Å². The molecular weight excluding hydrogens is 345 g/mol. The molecule has 0 N–H and O–H groups in total. The van der Waals surface area contributed by atoms with Crippen molar-refractivity contribution < 1.29 is 14.1 Å². The molecule has 0 radical (unpaired) electrons. The smallest absolute Gasteiger partial charge is 0.287 e. The van der Waals surface area contributed by atoms with Crippen molar-refractivity contribution in [2.24, 2.45) is 7.05 Å². The Hall–Kier alpha value is -2.35. The normalized spacial score (nSPS) is 11.0. The molecule has 0 aliphatic rings. The number of carbonyl (C=O) groups excluding carboxylic acids is 1. The van der Waals surface area contributed by atoms with E-state index in [4.69, 9.17) is 0 Å². The van der Waals surface area contributed by atoms with Gasteiger partial charge in [0.15, 0.2) is 0 Å². The zero-order chi connectivity index (χ0) is 15.6. The molecule has 21 heavy (non-hydrogen) atoms. The van der Waals surface area contributed by atoms with Crippen molar-refractivity contribution in [3.8, 4) is 0 Å². The maximum atomic E-state index is 13.5. The molecular formula is C13H9BrFN3O3. The summed E-state index contributed by atoms with van der Waals surface area (Å²) in [6.07, 6.45) is 3.45. The molecule has 0 aliphatic carbocycles. The summed E-state index contributed by atoms with van der Waals surface area (Å²) in [6.45, 7) is 0. The van der Waals surface area contributed by atoms with E-state index in [1.807, 2.05) is 0 Å². The fourth-order valence-corrected chi connectivity index (χ4v) is 2.05. The van der Waals surface area contributed by atoms with E-state index >= 15 is 0 Å². The average Bonchev–Trinajstić information content (AvgIpc) is 2.82. The van der Waals surface area contributed by atoms with E-state index in [0.29, 0.717) is 4.47 Å². The summed E-state index contributed by atoms with van der Waals surface area (Å²) in [5, 5.41) is 14.6. The van der Waals surface area contributed by atoms with Crippen LogP contribution in [0, 0.1) is 15.9 Å². The fraction of sp³-hybridized carbons (Fsp3) is 0.0769. The molecule has 0 spiro atoms. The van der Waals surface area contributed by atoms with Gasteiger partial charge in [-0.25, -0.2) is 4.39 Å². The number of nitrogens with zero attached hydrogens (tertiary/aromatic N) is 3. The zero-order valence-electron chi connectivity index (χ0n) is 10.8. The Balaban J connectivity index is 2.31. The highest BCUT2D eigenvalue weighted by atomic mass is 79.9. The van der Waals surface area contributed by atoms with Gasteiger partial charge < -0.3 is 0 Å². The molecule has 0 aliphatic heterocycles. The summed E-state index contributed by atoms with van der Waals surface area (Å²) in [6, 6.07) is 4.27. The van der Waals surface area contributed by atoms with E-state index in [2.05, 4.69) is 21.0 Å². The Morgan fingerprint density at radius 1 is 1.52 bits per heavy atom. The first kappa shape index (κ1) is 15.0. The summed E-state index contributed by atoms with van der Waals surface area (Å²) >= 11 is 3.19. The first-order chi connectivity index (χ1) is 9.88. The third kappa shape index (κ3) is 3.40. The van der Waals surface area contributed by atoms with E-state index in [0.717, 1.165) is 12.3 Å². The SMILES string of the molecule is Cn1cc([N+](=O)[O-])c(C(=O)/C=C/c2cc(Br)ccc2F)n1. The second-order valence-electron chi connectivity index (χ2n) is 4.16. The second-order valence-corrected chi connectivity index (χ2v) is 5.07. The number of rotatable bonds is 4.